The number of piperidine rings is 1. The lowest BCUT2D eigenvalue weighted by molar-refractivity contribution is 0.000231. The summed E-state index contributed by atoms with van der Waals surface area (Å²) in [5.41, 5.74) is 7.94. The second-order valence-electron chi connectivity index (χ2n) is 5.90. The number of morpholine rings is 1. The van der Waals surface area contributed by atoms with Crippen molar-refractivity contribution in [2.75, 3.05) is 45.1 Å². The molecule has 0 unspecified atom stereocenters. The first-order valence-corrected chi connectivity index (χ1v) is 7.70. The molecule has 2 N–H and O–H groups in total. The molecular formula is C16H25N3O. The molecule has 0 aromatic heterocycles. The van der Waals surface area contributed by atoms with Gasteiger partial charge in [-0.25, -0.2) is 0 Å². The van der Waals surface area contributed by atoms with Crippen molar-refractivity contribution in [1.29, 1.82) is 0 Å². The molecule has 20 heavy (non-hydrogen) atoms. The fraction of sp³-hybridized carbons (Fsp3) is 0.625. The second-order valence-corrected chi connectivity index (χ2v) is 5.90. The quantitative estimate of drug-likeness (QED) is 0.850. The van der Waals surface area contributed by atoms with E-state index in [4.69, 9.17) is 10.5 Å². The molecule has 2 saturated heterocycles. The first-order chi connectivity index (χ1) is 9.81. The van der Waals surface area contributed by atoms with Crippen molar-refractivity contribution in [3.05, 3.63) is 29.8 Å². The molecule has 4 heteroatoms. The lowest BCUT2D eigenvalue weighted by Crippen LogP contribution is -2.48. The van der Waals surface area contributed by atoms with Crippen molar-refractivity contribution in [2.45, 2.75) is 25.4 Å². The van der Waals surface area contributed by atoms with Gasteiger partial charge in [0.1, 0.15) is 0 Å². The summed E-state index contributed by atoms with van der Waals surface area (Å²) >= 11 is 0. The molecule has 0 atom stereocenters. The topological polar surface area (TPSA) is 41.7 Å². The van der Waals surface area contributed by atoms with Crippen LogP contribution in [0.25, 0.3) is 0 Å². The summed E-state index contributed by atoms with van der Waals surface area (Å²) in [5.74, 6) is 0. The Bertz CT molecular complexity index is 406. The number of benzene rings is 1. The van der Waals surface area contributed by atoms with Gasteiger partial charge in [-0.3, -0.25) is 9.80 Å². The van der Waals surface area contributed by atoms with Gasteiger partial charge in [0.2, 0.25) is 0 Å². The summed E-state index contributed by atoms with van der Waals surface area (Å²) in [4.78, 5) is 5.17. The van der Waals surface area contributed by atoms with Gasteiger partial charge in [-0.1, -0.05) is 12.1 Å². The summed E-state index contributed by atoms with van der Waals surface area (Å²) in [7, 11) is 0. The molecule has 2 aliphatic heterocycles. The Kier molecular flexibility index (Phi) is 4.55. The molecule has 0 saturated carbocycles. The van der Waals surface area contributed by atoms with Gasteiger partial charge in [-0.2, -0.15) is 0 Å². The van der Waals surface area contributed by atoms with Crippen LogP contribution in [-0.2, 0) is 11.3 Å². The van der Waals surface area contributed by atoms with Gasteiger partial charge >= 0.3 is 0 Å². The standard InChI is InChI=1S/C16H25N3O/c17-15-3-1-14(2-4-15)13-18-7-5-16(6-8-18)19-9-11-20-12-10-19/h1-4,16H,5-13,17H2. The average Bonchev–Trinajstić information content (AvgIpc) is 2.51. The van der Waals surface area contributed by atoms with Crippen LogP contribution in [0, 0.1) is 0 Å². The fourth-order valence-corrected chi connectivity index (χ4v) is 3.27. The third kappa shape index (κ3) is 3.51. The van der Waals surface area contributed by atoms with Crippen LogP contribution in [0.4, 0.5) is 5.69 Å². The average molecular weight is 275 g/mol. The van der Waals surface area contributed by atoms with Crippen LogP contribution in [0.15, 0.2) is 24.3 Å². The van der Waals surface area contributed by atoms with E-state index < -0.39 is 0 Å². The SMILES string of the molecule is Nc1ccc(CN2CCC(N3CCOCC3)CC2)cc1. The Hall–Kier alpha value is -1.10. The summed E-state index contributed by atoms with van der Waals surface area (Å²) < 4.78 is 5.44. The number of likely N-dealkylation sites (tertiary alicyclic amines) is 1. The third-order valence-electron chi connectivity index (χ3n) is 4.51. The molecule has 110 valence electrons. The maximum Gasteiger partial charge on any atom is 0.0594 e. The van der Waals surface area contributed by atoms with Crippen molar-refractivity contribution < 1.29 is 4.74 Å². The lowest BCUT2D eigenvalue weighted by atomic mass is 10.0. The summed E-state index contributed by atoms with van der Waals surface area (Å²) in [5, 5.41) is 0. The second kappa shape index (κ2) is 6.57. The number of nitrogens with two attached hydrogens (primary N) is 1. The zero-order valence-corrected chi connectivity index (χ0v) is 12.1. The zero-order valence-electron chi connectivity index (χ0n) is 12.1. The van der Waals surface area contributed by atoms with E-state index >= 15 is 0 Å². The van der Waals surface area contributed by atoms with E-state index in [1.54, 1.807) is 0 Å². The molecule has 1 aromatic carbocycles. The van der Waals surface area contributed by atoms with Gasteiger partial charge in [0, 0.05) is 31.4 Å². The van der Waals surface area contributed by atoms with E-state index in [1.165, 1.54) is 31.5 Å². The Morgan fingerprint density at radius 1 is 1.00 bits per heavy atom. The fourth-order valence-electron chi connectivity index (χ4n) is 3.27. The van der Waals surface area contributed by atoms with Crippen molar-refractivity contribution >= 4 is 5.69 Å². The van der Waals surface area contributed by atoms with Crippen molar-refractivity contribution in [1.82, 2.24) is 9.80 Å². The minimum absolute atomic E-state index is 0.765. The molecule has 0 amide bonds. The largest absolute Gasteiger partial charge is 0.399 e. The highest BCUT2D eigenvalue weighted by molar-refractivity contribution is 5.39. The highest BCUT2D eigenvalue weighted by Gasteiger charge is 2.25. The van der Waals surface area contributed by atoms with Crippen LogP contribution >= 0.6 is 0 Å². The summed E-state index contributed by atoms with van der Waals surface area (Å²) in [6.07, 6.45) is 2.57. The monoisotopic (exact) mass is 275 g/mol. The molecule has 1 aromatic rings. The van der Waals surface area contributed by atoms with Crippen LogP contribution in [0.3, 0.4) is 0 Å². The molecule has 0 bridgehead atoms. The van der Waals surface area contributed by atoms with Gasteiger partial charge in [-0.15, -0.1) is 0 Å². The van der Waals surface area contributed by atoms with E-state index in [1.807, 2.05) is 12.1 Å². The molecule has 0 radical (unpaired) electrons. The van der Waals surface area contributed by atoms with Gasteiger partial charge in [0.25, 0.3) is 0 Å². The lowest BCUT2D eigenvalue weighted by Gasteiger charge is -2.40. The Labute approximate surface area is 121 Å². The number of nitrogen functional groups attached to an aromatic ring is 1. The maximum absolute atomic E-state index is 5.73. The predicted molar refractivity (Wildman–Crippen MR) is 81.5 cm³/mol. The van der Waals surface area contributed by atoms with Crippen molar-refractivity contribution in [2.24, 2.45) is 0 Å². The first-order valence-electron chi connectivity index (χ1n) is 7.70. The Morgan fingerprint density at radius 2 is 1.65 bits per heavy atom. The number of rotatable bonds is 3. The predicted octanol–water partition coefficient (Wildman–Crippen LogP) is 1.57. The van der Waals surface area contributed by atoms with Crippen LogP contribution in [0.2, 0.25) is 0 Å². The smallest absolute Gasteiger partial charge is 0.0594 e. The minimum atomic E-state index is 0.765. The molecule has 2 heterocycles. The van der Waals surface area contributed by atoms with Crippen LogP contribution in [-0.4, -0.2) is 55.2 Å². The van der Waals surface area contributed by atoms with E-state index in [0.717, 1.165) is 44.6 Å². The van der Waals surface area contributed by atoms with Gasteiger partial charge in [-0.05, 0) is 43.6 Å². The molecule has 0 aliphatic carbocycles. The Morgan fingerprint density at radius 3 is 2.30 bits per heavy atom. The van der Waals surface area contributed by atoms with Crippen molar-refractivity contribution in [3.8, 4) is 0 Å². The van der Waals surface area contributed by atoms with E-state index in [0.29, 0.717) is 0 Å². The summed E-state index contributed by atoms with van der Waals surface area (Å²) in [6, 6.07) is 9.04. The first kappa shape index (κ1) is 13.9. The third-order valence-corrected chi connectivity index (χ3v) is 4.51. The van der Waals surface area contributed by atoms with Crippen molar-refractivity contribution in [3.63, 3.8) is 0 Å². The number of anilines is 1. The van der Waals surface area contributed by atoms with Crippen LogP contribution < -0.4 is 5.73 Å². The molecular weight excluding hydrogens is 250 g/mol. The highest BCUT2D eigenvalue weighted by atomic mass is 16.5. The molecule has 0 spiro atoms. The number of ether oxygens (including phenoxy) is 1. The van der Waals surface area contributed by atoms with E-state index in [-0.39, 0.29) is 0 Å². The van der Waals surface area contributed by atoms with E-state index in [9.17, 15) is 0 Å². The van der Waals surface area contributed by atoms with Crippen LogP contribution in [0.1, 0.15) is 18.4 Å². The minimum Gasteiger partial charge on any atom is -0.399 e. The highest BCUT2D eigenvalue weighted by Crippen LogP contribution is 2.19. The number of hydrogen-bond acceptors (Lipinski definition) is 4. The van der Waals surface area contributed by atoms with Gasteiger partial charge < -0.3 is 10.5 Å². The Balaban J connectivity index is 1.47. The van der Waals surface area contributed by atoms with Gasteiger partial charge in [0.05, 0.1) is 13.2 Å². The zero-order chi connectivity index (χ0) is 13.8. The summed E-state index contributed by atoms with van der Waals surface area (Å²) in [6.45, 7) is 7.50. The molecule has 2 fully saturated rings. The van der Waals surface area contributed by atoms with E-state index in [2.05, 4.69) is 21.9 Å². The normalized spacial score (nSPS) is 23.0. The molecule has 2 aliphatic rings. The molecule has 3 rings (SSSR count). The molecule has 4 nitrogen and oxygen atoms in total. The number of hydrogen-bond donors (Lipinski definition) is 1. The van der Waals surface area contributed by atoms with Crippen LogP contribution in [0.5, 0.6) is 0 Å². The maximum atomic E-state index is 5.73. The van der Waals surface area contributed by atoms with Gasteiger partial charge in [0.15, 0.2) is 0 Å². The number of nitrogens with zero attached hydrogens (tertiary/aromatic N) is 2.